The molecule has 1 aliphatic heterocycles. The smallest absolute Gasteiger partial charge is 0.294 e. The lowest BCUT2D eigenvalue weighted by Gasteiger charge is -2.25. The van der Waals surface area contributed by atoms with Crippen LogP contribution in [0.2, 0.25) is 5.02 Å². The molecular weight excluding hydrogens is 532 g/mol. The summed E-state index contributed by atoms with van der Waals surface area (Å²) in [5, 5.41) is 2.85. The van der Waals surface area contributed by atoms with Crippen LogP contribution in [0.25, 0.3) is 0 Å². The molecule has 1 aromatic heterocycles. The van der Waals surface area contributed by atoms with Crippen LogP contribution in [0.3, 0.4) is 0 Å². The quantitative estimate of drug-likeness (QED) is 0.451. The average molecular weight is 553 g/mol. The summed E-state index contributed by atoms with van der Waals surface area (Å²) in [4.78, 5) is 44.3. The summed E-state index contributed by atoms with van der Waals surface area (Å²) in [5.74, 6) is -5.71. The van der Waals surface area contributed by atoms with E-state index in [0.717, 1.165) is 29.4 Å². The van der Waals surface area contributed by atoms with Crippen LogP contribution in [-0.2, 0) is 11.3 Å². The fourth-order valence-corrected chi connectivity index (χ4v) is 4.64. The van der Waals surface area contributed by atoms with Crippen molar-refractivity contribution >= 4 is 29.2 Å². The maximum absolute atomic E-state index is 15.2. The van der Waals surface area contributed by atoms with Gasteiger partial charge in [-0.2, -0.15) is 0 Å². The minimum atomic E-state index is -2.86. The van der Waals surface area contributed by atoms with E-state index in [0.29, 0.717) is 9.59 Å². The highest BCUT2D eigenvalue weighted by atomic mass is 35.5. The molecule has 0 aliphatic carbocycles. The SMILES string of the molecule is COc1cc(F)c([C@H]2[C@H](NC(=O)c3ccc(Cl)cc3)C(=O)N(c3nccn(CC(F)F)c3=O)[C@H]2C)c(F)c1. The van der Waals surface area contributed by atoms with Gasteiger partial charge >= 0.3 is 0 Å². The summed E-state index contributed by atoms with van der Waals surface area (Å²) in [6.45, 7) is 0.457. The molecule has 0 saturated carbocycles. The van der Waals surface area contributed by atoms with E-state index in [1.54, 1.807) is 0 Å². The van der Waals surface area contributed by atoms with Crippen molar-refractivity contribution in [3.05, 3.63) is 86.9 Å². The Kier molecular flexibility index (Phi) is 7.72. The predicted octanol–water partition coefficient (Wildman–Crippen LogP) is 3.77. The number of ether oxygens (including phenoxy) is 1. The summed E-state index contributed by atoms with van der Waals surface area (Å²) in [7, 11) is 1.22. The van der Waals surface area contributed by atoms with Crippen LogP contribution in [0, 0.1) is 11.6 Å². The Morgan fingerprint density at radius 1 is 1.16 bits per heavy atom. The van der Waals surface area contributed by atoms with Gasteiger partial charge in [0.15, 0.2) is 0 Å². The van der Waals surface area contributed by atoms with Gasteiger partial charge in [0.2, 0.25) is 5.82 Å². The number of methoxy groups -OCH3 is 1. The average Bonchev–Trinajstić information content (AvgIpc) is 3.09. The molecule has 1 N–H and O–H groups in total. The Bertz CT molecular complexity index is 1410. The van der Waals surface area contributed by atoms with E-state index in [-0.39, 0.29) is 11.3 Å². The van der Waals surface area contributed by atoms with Crippen LogP contribution >= 0.6 is 11.6 Å². The highest BCUT2D eigenvalue weighted by molar-refractivity contribution is 6.30. The summed E-state index contributed by atoms with van der Waals surface area (Å²) < 4.78 is 61.9. The van der Waals surface area contributed by atoms with Crippen LogP contribution in [0.4, 0.5) is 23.4 Å². The minimum Gasteiger partial charge on any atom is -0.497 e. The van der Waals surface area contributed by atoms with Crippen LogP contribution in [0.15, 0.2) is 53.6 Å². The number of halogens is 5. The van der Waals surface area contributed by atoms with Crippen LogP contribution in [0.5, 0.6) is 5.75 Å². The second kappa shape index (κ2) is 10.8. The summed E-state index contributed by atoms with van der Waals surface area (Å²) in [6.07, 6.45) is -0.776. The lowest BCUT2D eigenvalue weighted by atomic mass is 9.87. The first-order valence-corrected chi connectivity index (χ1v) is 11.7. The molecule has 2 heterocycles. The fraction of sp³-hybridized carbons (Fsp3) is 0.280. The molecule has 3 atom stereocenters. The lowest BCUT2D eigenvalue weighted by Crippen LogP contribution is -2.45. The van der Waals surface area contributed by atoms with E-state index in [2.05, 4.69) is 10.3 Å². The number of amides is 2. The van der Waals surface area contributed by atoms with Crippen molar-refractivity contribution in [2.75, 3.05) is 12.0 Å². The van der Waals surface area contributed by atoms with Crippen molar-refractivity contribution in [3.63, 3.8) is 0 Å². The highest BCUT2D eigenvalue weighted by Crippen LogP contribution is 2.39. The molecule has 2 amide bonds. The first-order chi connectivity index (χ1) is 18.0. The Balaban J connectivity index is 1.82. The molecule has 1 aliphatic rings. The molecule has 0 unspecified atom stereocenters. The Hall–Kier alpha value is -3.93. The predicted molar refractivity (Wildman–Crippen MR) is 130 cm³/mol. The van der Waals surface area contributed by atoms with E-state index >= 15 is 8.78 Å². The monoisotopic (exact) mass is 552 g/mol. The number of anilines is 1. The van der Waals surface area contributed by atoms with Crippen molar-refractivity contribution in [1.82, 2.24) is 14.9 Å². The second-order valence-corrected chi connectivity index (χ2v) is 8.97. The minimum absolute atomic E-state index is 0.111. The highest BCUT2D eigenvalue weighted by Gasteiger charge is 2.51. The number of rotatable bonds is 7. The van der Waals surface area contributed by atoms with E-state index in [4.69, 9.17) is 16.3 Å². The molecule has 1 fully saturated rings. The number of hydrogen-bond acceptors (Lipinski definition) is 5. The zero-order valence-electron chi connectivity index (χ0n) is 20.0. The normalized spacial score (nSPS) is 19.2. The fourth-order valence-electron chi connectivity index (χ4n) is 4.52. The molecule has 13 heteroatoms. The van der Waals surface area contributed by atoms with Gasteiger partial charge in [-0.25, -0.2) is 22.5 Å². The number of nitrogens with zero attached hydrogens (tertiary/aromatic N) is 3. The molecule has 38 heavy (non-hydrogen) atoms. The first kappa shape index (κ1) is 27.1. The zero-order valence-corrected chi connectivity index (χ0v) is 20.8. The Labute approximate surface area is 218 Å². The standard InChI is InChI=1S/C25H21ClF4N4O4/c1-12-19(20-16(27)9-15(38-2)10-17(20)28)21(32-23(35)13-3-5-14(26)6-4-13)24(36)34(12)22-25(37)33(8-7-31-22)11-18(29)30/h3-10,12,18-19,21H,11H2,1-2H3,(H,32,35)/t12-,19-,21-/m0/s1. The summed E-state index contributed by atoms with van der Waals surface area (Å²) in [6, 6.07) is 4.85. The molecule has 200 valence electrons. The van der Waals surface area contributed by atoms with Gasteiger partial charge in [0.1, 0.15) is 23.4 Å². The van der Waals surface area contributed by atoms with Crippen molar-refractivity contribution < 1.29 is 31.9 Å². The number of aromatic nitrogens is 2. The first-order valence-electron chi connectivity index (χ1n) is 11.3. The molecule has 0 radical (unpaired) electrons. The van der Waals surface area contributed by atoms with E-state index in [1.165, 1.54) is 38.3 Å². The number of alkyl halides is 2. The van der Waals surface area contributed by atoms with Crippen LogP contribution in [0.1, 0.15) is 28.8 Å². The summed E-state index contributed by atoms with van der Waals surface area (Å²) in [5.41, 5.74) is -1.42. The van der Waals surface area contributed by atoms with Gasteiger partial charge in [-0.05, 0) is 31.2 Å². The Morgan fingerprint density at radius 2 is 1.79 bits per heavy atom. The number of hydrogen-bond donors (Lipinski definition) is 1. The number of carbonyl (C=O) groups excluding carboxylic acids is 2. The number of carbonyl (C=O) groups is 2. The molecule has 3 aromatic rings. The molecular formula is C25H21ClF4N4O4. The number of nitrogens with one attached hydrogen (secondary N) is 1. The lowest BCUT2D eigenvalue weighted by molar-refractivity contribution is -0.118. The van der Waals surface area contributed by atoms with Gasteiger partial charge in [0, 0.05) is 52.6 Å². The van der Waals surface area contributed by atoms with Gasteiger partial charge < -0.3 is 14.6 Å². The van der Waals surface area contributed by atoms with Gasteiger partial charge in [-0.15, -0.1) is 0 Å². The van der Waals surface area contributed by atoms with Gasteiger partial charge in [0.05, 0.1) is 13.7 Å². The van der Waals surface area contributed by atoms with Gasteiger partial charge in [-0.1, -0.05) is 11.6 Å². The van der Waals surface area contributed by atoms with E-state index in [9.17, 15) is 23.2 Å². The third-order valence-corrected chi connectivity index (χ3v) is 6.51. The molecule has 2 aromatic carbocycles. The third-order valence-electron chi connectivity index (χ3n) is 6.26. The van der Waals surface area contributed by atoms with Crippen molar-refractivity contribution in [3.8, 4) is 5.75 Å². The largest absolute Gasteiger partial charge is 0.497 e. The maximum atomic E-state index is 15.2. The molecule has 4 rings (SSSR count). The zero-order chi connectivity index (χ0) is 27.7. The maximum Gasteiger partial charge on any atom is 0.294 e. The van der Waals surface area contributed by atoms with Crippen molar-refractivity contribution in [2.45, 2.75) is 37.9 Å². The van der Waals surface area contributed by atoms with Crippen molar-refractivity contribution in [2.24, 2.45) is 0 Å². The van der Waals surface area contributed by atoms with Gasteiger partial charge in [0.25, 0.3) is 23.8 Å². The van der Waals surface area contributed by atoms with Gasteiger partial charge in [-0.3, -0.25) is 19.3 Å². The van der Waals surface area contributed by atoms with Crippen LogP contribution < -0.4 is 20.5 Å². The molecule has 0 bridgehead atoms. The Morgan fingerprint density at radius 3 is 2.37 bits per heavy atom. The topological polar surface area (TPSA) is 93.5 Å². The molecule has 0 spiro atoms. The second-order valence-electron chi connectivity index (χ2n) is 8.54. The van der Waals surface area contributed by atoms with E-state index < -0.39 is 71.4 Å². The third kappa shape index (κ3) is 5.08. The van der Waals surface area contributed by atoms with Crippen LogP contribution in [-0.4, -0.2) is 47.0 Å². The van der Waals surface area contributed by atoms with Crippen molar-refractivity contribution in [1.29, 1.82) is 0 Å². The van der Waals surface area contributed by atoms with E-state index in [1.807, 2.05) is 0 Å². The molecule has 8 nitrogen and oxygen atoms in total. The summed E-state index contributed by atoms with van der Waals surface area (Å²) >= 11 is 5.87. The molecule has 1 saturated heterocycles. The number of benzene rings is 2.